The van der Waals surface area contributed by atoms with Crippen molar-refractivity contribution in [2.75, 3.05) is 26.7 Å². The van der Waals surface area contributed by atoms with Crippen LogP contribution in [0.1, 0.15) is 23.1 Å². The van der Waals surface area contributed by atoms with Crippen LogP contribution in [0.15, 0.2) is 35.0 Å². The molecule has 1 saturated heterocycles. The Morgan fingerprint density at radius 2 is 1.96 bits per heavy atom. The molecule has 1 aliphatic rings. The molecule has 0 radical (unpaired) electrons. The average molecular weight is 392 g/mol. The van der Waals surface area contributed by atoms with Crippen molar-refractivity contribution in [3.8, 4) is 17.1 Å². The van der Waals surface area contributed by atoms with E-state index in [9.17, 15) is 13.2 Å². The van der Waals surface area contributed by atoms with Crippen LogP contribution in [0.2, 0.25) is 0 Å². The average Bonchev–Trinajstić information content (AvgIpc) is 3.29. The Balaban J connectivity index is 1.75. The molecule has 0 bridgehead atoms. The molecule has 0 aliphatic carbocycles. The number of halogens is 3. The first kappa shape index (κ1) is 18.6. The highest BCUT2D eigenvalue weighted by Crippen LogP contribution is 2.38. The fourth-order valence-corrected chi connectivity index (χ4v) is 3.23. The van der Waals surface area contributed by atoms with Crippen LogP contribution in [0, 0.1) is 6.92 Å². The molecule has 148 valence electrons. The number of nitrogens with one attached hydrogen (secondary N) is 1. The zero-order chi connectivity index (χ0) is 19.9. The fraction of sp³-hybridized carbons (Fsp3) is 0.389. The second kappa shape index (κ2) is 7.02. The van der Waals surface area contributed by atoms with Crippen molar-refractivity contribution in [2.45, 2.75) is 19.1 Å². The number of aryl methyl sites for hydroxylation is 1. The normalized spacial score (nSPS) is 18.5. The van der Waals surface area contributed by atoms with Gasteiger partial charge in [0.2, 0.25) is 0 Å². The van der Waals surface area contributed by atoms with Gasteiger partial charge in [0.1, 0.15) is 0 Å². The van der Waals surface area contributed by atoms with Gasteiger partial charge in [-0.1, -0.05) is 22.9 Å². The minimum atomic E-state index is -4.64. The molecule has 2 aromatic heterocycles. The van der Waals surface area contributed by atoms with Gasteiger partial charge in [0, 0.05) is 19.6 Å². The molecule has 1 unspecified atom stereocenters. The van der Waals surface area contributed by atoms with Crippen LogP contribution in [-0.2, 0) is 6.18 Å². The van der Waals surface area contributed by atoms with Crippen molar-refractivity contribution < 1.29 is 17.7 Å². The number of nitrogens with zero attached hydrogens (tertiary/aromatic N) is 5. The third-order valence-electron chi connectivity index (χ3n) is 4.80. The Labute approximate surface area is 159 Å². The predicted molar refractivity (Wildman–Crippen MR) is 94.8 cm³/mol. The molecule has 28 heavy (non-hydrogen) atoms. The third-order valence-corrected chi connectivity index (χ3v) is 4.80. The standard InChI is InChI=1S/C18H19F3N6O/c1-11-3-5-12(6-4-11)27-15(18(19,20)21)13(9-23-27)17-24-16(25-28-17)14-10-22-7-8-26(14)2/h3-6,9,14,22H,7-8,10H2,1-2H3. The molecule has 7 nitrogen and oxygen atoms in total. The Morgan fingerprint density at radius 1 is 1.21 bits per heavy atom. The number of rotatable bonds is 3. The van der Waals surface area contributed by atoms with Crippen LogP contribution < -0.4 is 5.32 Å². The van der Waals surface area contributed by atoms with Crippen LogP contribution in [0.4, 0.5) is 13.2 Å². The first-order valence-corrected chi connectivity index (χ1v) is 8.82. The largest absolute Gasteiger partial charge is 0.434 e. The van der Waals surface area contributed by atoms with Crippen molar-refractivity contribution >= 4 is 0 Å². The van der Waals surface area contributed by atoms with Crippen LogP contribution >= 0.6 is 0 Å². The summed E-state index contributed by atoms with van der Waals surface area (Å²) in [5.41, 5.74) is 0.0662. The van der Waals surface area contributed by atoms with E-state index in [0.717, 1.165) is 29.5 Å². The van der Waals surface area contributed by atoms with E-state index >= 15 is 0 Å². The highest BCUT2D eigenvalue weighted by molar-refractivity contribution is 5.58. The van der Waals surface area contributed by atoms with Gasteiger partial charge in [0.05, 0.1) is 23.5 Å². The molecule has 3 heterocycles. The van der Waals surface area contributed by atoms with Gasteiger partial charge in [-0.15, -0.1) is 0 Å². The Hall–Kier alpha value is -2.72. The molecule has 1 atom stereocenters. The van der Waals surface area contributed by atoms with E-state index in [2.05, 4.69) is 20.6 Å². The maximum absolute atomic E-state index is 13.8. The zero-order valence-corrected chi connectivity index (χ0v) is 15.4. The summed E-state index contributed by atoms with van der Waals surface area (Å²) in [7, 11) is 1.91. The minimum absolute atomic E-state index is 0.160. The number of hydrogen-bond donors (Lipinski definition) is 1. The number of benzene rings is 1. The summed E-state index contributed by atoms with van der Waals surface area (Å²) >= 11 is 0. The highest BCUT2D eigenvalue weighted by Gasteiger charge is 2.41. The second-order valence-corrected chi connectivity index (χ2v) is 6.81. The van der Waals surface area contributed by atoms with Gasteiger partial charge in [0.15, 0.2) is 11.5 Å². The number of aromatic nitrogens is 4. The van der Waals surface area contributed by atoms with Gasteiger partial charge in [-0.05, 0) is 26.1 Å². The molecular weight excluding hydrogens is 373 g/mol. The lowest BCUT2D eigenvalue weighted by Crippen LogP contribution is -2.44. The van der Waals surface area contributed by atoms with E-state index in [4.69, 9.17) is 4.52 Å². The smallest absolute Gasteiger partial charge is 0.334 e. The van der Waals surface area contributed by atoms with Crippen LogP contribution in [0.5, 0.6) is 0 Å². The van der Waals surface area contributed by atoms with Crippen molar-refractivity contribution in [2.24, 2.45) is 0 Å². The molecule has 1 N–H and O–H groups in total. The summed E-state index contributed by atoms with van der Waals surface area (Å²) < 4.78 is 47.6. The first-order valence-electron chi connectivity index (χ1n) is 8.82. The van der Waals surface area contributed by atoms with Crippen LogP contribution in [-0.4, -0.2) is 51.5 Å². The zero-order valence-electron chi connectivity index (χ0n) is 15.4. The predicted octanol–water partition coefficient (Wildman–Crippen LogP) is 2.83. The van der Waals surface area contributed by atoms with Crippen molar-refractivity contribution in [3.05, 3.63) is 47.5 Å². The van der Waals surface area contributed by atoms with Gasteiger partial charge < -0.3 is 9.84 Å². The molecule has 10 heteroatoms. The summed E-state index contributed by atoms with van der Waals surface area (Å²) in [6, 6.07) is 6.47. The van der Waals surface area contributed by atoms with Gasteiger partial charge in [-0.2, -0.15) is 23.3 Å². The molecule has 0 spiro atoms. The number of hydrogen-bond acceptors (Lipinski definition) is 6. The molecule has 1 aliphatic heterocycles. The minimum Gasteiger partial charge on any atom is -0.334 e. The molecular formula is C18H19F3N6O. The summed E-state index contributed by atoms with van der Waals surface area (Å²) in [5, 5.41) is 11.1. The van der Waals surface area contributed by atoms with E-state index in [1.54, 1.807) is 24.3 Å². The number of alkyl halides is 3. The van der Waals surface area contributed by atoms with Gasteiger partial charge in [-0.25, -0.2) is 4.68 Å². The summed E-state index contributed by atoms with van der Waals surface area (Å²) in [6.45, 7) is 4.08. The summed E-state index contributed by atoms with van der Waals surface area (Å²) in [5.74, 6) is 0.153. The van der Waals surface area contributed by atoms with Crippen LogP contribution in [0.3, 0.4) is 0 Å². The second-order valence-electron chi connectivity index (χ2n) is 6.81. The Bertz CT molecular complexity index is 963. The monoisotopic (exact) mass is 392 g/mol. The molecule has 1 aromatic carbocycles. The van der Waals surface area contributed by atoms with E-state index in [0.29, 0.717) is 18.1 Å². The van der Waals surface area contributed by atoms with E-state index in [1.165, 1.54) is 0 Å². The third kappa shape index (κ3) is 3.40. The SMILES string of the molecule is Cc1ccc(-n2ncc(-c3nc(C4CNCCN4C)no3)c2C(F)(F)F)cc1. The van der Waals surface area contributed by atoms with Gasteiger partial charge in [0.25, 0.3) is 5.89 Å². The van der Waals surface area contributed by atoms with Gasteiger partial charge in [-0.3, -0.25) is 4.90 Å². The lowest BCUT2D eigenvalue weighted by Gasteiger charge is -2.30. The van der Waals surface area contributed by atoms with Crippen molar-refractivity contribution in [1.29, 1.82) is 0 Å². The number of likely N-dealkylation sites (N-methyl/N-ethyl adjacent to an activating group) is 1. The molecule has 1 fully saturated rings. The molecule has 0 saturated carbocycles. The van der Waals surface area contributed by atoms with Crippen molar-refractivity contribution in [3.63, 3.8) is 0 Å². The topological polar surface area (TPSA) is 72.0 Å². The van der Waals surface area contributed by atoms with E-state index in [1.807, 2.05) is 18.9 Å². The summed E-state index contributed by atoms with van der Waals surface area (Å²) in [6.07, 6.45) is -3.53. The first-order chi connectivity index (χ1) is 13.3. The Morgan fingerprint density at radius 3 is 2.64 bits per heavy atom. The highest BCUT2D eigenvalue weighted by atomic mass is 19.4. The van der Waals surface area contributed by atoms with Crippen LogP contribution in [0.25, 0.3) is 17.1 Å². The van der Waals surface area contributed by atoms with Crippen molar-refractivity contribution in [1.82, 2.24) is 30.1 Å². The molecule has 4 rings (SSSR count). The maximum Gasteiger partial charge on any atom is 0.434 e. The Kier molecular flexibility index (Phi) is 4.68. The quantitative estimate of drug-likeness (QED) is 0.739. The van der Waals surface area contributed by atoms with E-state index in [-0.39, 0.29) is 17.5 Å². The lowest BCUT2D eigenvalue weighted by molar-refractivity contribution is -0.142. The summed E-state index contributed by atoms with van der Waals surface area (Å²) in [4.78, 5) is 6.27. The lowest BCUT2D eigenvalue weighted by atomic mass is 10.2. The van der Waals surface area contributed by atoms with Gasteiger partial charge >= 0.3 is 6.18 Å². The number of piperazine rings is 1. The van der Waals surface area contributed by atoms with E-state index < -0.39 is 11.9 Å². The fourth-order valence-electron chi connectivity index (χ4n) is 3.23. The molecule has 3 aromatic rings. The maximum atomic E-state index is 13.8. The molecule has 0 amide bonds.